The van der Waals surface area contributed by atoms with Gasteiger partial charge in [-0.1, -0.05) is 55.1 Å². The van der Waals surface area contributed by atoms with Crippen LogP contribution >= 0.6 is 23.2 Å². The molecule has 2 N–H and O–H groups in total. The Morgan fingerprint density at radius 2 is 1.89 bits per heavy atom. The number of halogens is 2. The fourth-order valence-electron chi connectivity index (χ4n) is 4.91. The van der Waals surface area contributed by atoms with E-state index < -0.39 is 0 Å². The van der Waals surface area contributed by atoms with Crippen LogP contribution in [-0.2, 0) is 0 Å². The number of benzene rings is 1. The highest BCUT2D eigenvalue weighted by Gasteiger charge is 2.42. The lowest BCUT2D eigenvalue weighted by molar-refractivity contribution is 0.161. The van der Waals surface area contributed by atoms with E-state index in [2.05, 4.69) is 16.8 Å². The normalized spacial score (nSPS) is 21.8. The zero-order valence-corrected chi connectivity index (χ0v) is 17.4. The van der Waals surface area contributed by atoms with Crippen molar-refractivity contribution in [2.45, 2.75) is 46.0 Å². The molecule has 6 heteroatoms. The van der Waals surface area contributed by atoms with Crippen LogP contribution in [0.1, 0.15) is 44.7 Å². The topological polar surface area (TPSA) is 55.0 Å². The van der Waals surface area contributed by atoms with E-state index in [0.29, 0.717) is 27.0 Å². The highest BCUT2D eigenvalue weighted by molar-refractivity contribution is 6.43. The first-order chi connectivity index (χ1) is 12.9. The summed E-state index contributed by atoms with van der Waals surface area (Å²) in [6.45, 7) is 6.37. The van der Waals surface area contributed by atoms with Gasteiger partial charge in [0, 0.05) is 18.7 Å². The van der Waals surface area contributed by atoms with Crippen molar-refractivity contribution in [3.05, 3.63) is 33.9 Å². The van der Waals surface area contributed by atoms with Gasteiger partial charge in [0.2, 0.25) is 0 Å². The molecular formula is C21H26Cl2N4. The Kier molecular flexibility index (Phi) is 4.98. The van der Waals surface area contributed by atoms with E-state index in [9.17, 15) is 0 Å². The predicted molar refractivity (Wildman–Crippen MR) is 114 cm³/mol. The molecule has 0 bridgehead atoms. The molecule has 4 rings (SSSR count). The summed E-state index contributed by atoms with van der Waals surface area (Å²) in [7, 11) is 0. The summed E-state index contributed by atoms with van der Waals surface area (Å²) in [5.41, 5.74) is 9.14. The minimum absolute atomic E-state index is 0.460. The smallest absolute Gasteiger partial charge is 0.171 e. The molecule has 0 amide bonds. The Balaban J connectivity index is 1.61. The van der Waals surface area contributed by atoms with Gasteiger partial charge in [0.15, 0.2) is 11.6 Å². The number of nitrogens with zero attached hydrogens (tertiary/aromatic N) is 3. The van der Waals surface area contributed by atoms with Crippen molar-refractivity contribution in [2.24, 2.45) is 11.3 Å². The third kappa shape index (κ3) is 3.27. The van der Waals surface area contributed by atoms with Gasteiger partial charge < -0.3 is 10.6 Å². The molecule has 1 aliphatic heterocycles. The lowest BCUT2D eigenvalue weighted by Crippen LogP contribution is -2.42. The lowest BCUT2D eigenvalue weighted by atomic mass is 9.71. The highest BCUT2D eigenvalue weighted by atomic mass is 35.5. The maximum Gasteiger partial charge on any atom is 0.171 e. The van der Waals surface area contributed by atoms with Gasteiger partial charge in [-0.25, -0.2) is 9.97 Å². The average molecular weight is 405 g/mol. The van der Waals surface area contributed by atoms with Gasteiger partial charge in [-0.2, -0.15) is 0 Å². The summed E-state index contributed by atoms with van der Waals surface area (Å²) in [5.74, 6) is 2.09. The Morgan fingerprint density at radius 1 is 1.15 bits per heavy atom. The predicted octanol–water partition coefficient (Wildman–Crippen LogP) is 5.75. The first-order valence-corrected chi connectivity index (χ1v) is 10.5. The van der Waals surface area contributed by atoms with E-state index in [1.54, 1.807) is 6.07 Å². The first-order valence-electron chi connectivity index (χ1n) is 9.75. The van der Waals surface area contributed by atoms with E-state index in [1.165, 1.54) is 32.1 Å². The molecule has 1 aromatic heterocycles. The maximum absolute atomic E-state index is 6.37. The SMILES string of the molecule is Cc1nc(N2CCC3(CCC[C@H]3C)CC2)c(N)nc1-c1cccc(Cl)c1Cl. The van der Waals surface area contributed by atoms with Gasteiger partial charge in [-0.05, 0) is 43.6 Å². The second-order valence-corrected chi connectivity index (χ2v) is 8.90. The number of nitrogen functional groups attached to an aromatic ring is 1. The van der Waals surface area contributed by atoms with E-state index >= 15 is 0 Å². The molecule has 1 saturated heterocycles. The Bertz CT molecular complexity index is 860. The molecule has 2 heterocycles. The molecule has 1 saturated carbocycles. The molecule has 1 atom stereocenters. The largest absolute Gasteiger partial charge is 0.381 e. The number of hydrogen-bond acceptors (Lipinski definition) is 4. The molecular weight excluding hydrogens is 379 g/mol. The van der Waals surface area contributed by atoms with Crippen LogP contribution in [0.25, 0.3) is 11.3 Å². The maximum atomic E-state index is 6.37. The van der Waals surface area contributed by atoms with Crippen LogP contribution in [0.2, 0.25) is 10.0 Å². The number of anilines is 2. The molecule has 2 fully saturated rings. The fraction of sp³-hybridized carbons (Fsp3) is 0.524. The number of piperidine rings is 1. The minimum atomic E-state index is 0.460. The van der Waals surface area contributed by atoms with Crippen molar-refractivity contribution in [3.63, 3.8) is 0 Å². The second kappa shape index (κ2) is 7.14. The molecule has 2 aliphatic rings. The molecule has 144 valence electrons. The number of nitrogens with two attached hydrogens (primary N) is 1. The molecule has 1 aliphatic carbocycles. The van der Waals surface area contributed by atoms with Crippen LogP contribution in [0.3, 0.4) is 0 Å². The fourth-order valence-corrected chi connectivity index (χ4v) is 5.30. The third-order valence-electron chi connectivity index (χ3n) is 6.70. The van der Waals surface area contributed by atoms with Crippen LogP contribution in [0.15, 0.2) is 18.2 Å². The molecule has 1 spiro atoms. The first kappa shape index (κ1) is 18.8. The molecule has 4 nitrogen and oxygen atoms in total. The van der Waals surface area contributed by atoms with Crippen LogP contribution in [0.5, 0.6) is 0 Å². The van der Waals surface area contributed by atoms with Crippen LogP contribution in [-0.4, -0.2) is 23.1 Å². The van der Waals surface area contributed by atoms with Crippen molar-refractivity contribution in [1.82, 2.24) is 9.97 Å². The number of hydrogen-bond donors (Lipinski definition) is 1. The number of aryl methyl sites for hydroxylation is 1. The molecule has 2 aromatic rings. The van der Waals surface area contributed by atoms with Gasteiger partial charge in [0.25, 0.3) is 0 Å². The molecule has 1 aromatic carbocycles. The Hall–Kier alpha value is -1.52. The highest BCUT2D eigenvalue weighted by Crippen LogP contribution is 2.50. The number of aromatic nitrogens is 2. The van der Waals surface area contributed by atoms with Gasteiger partial charge in [0.1, 0.15) is 0 Å². The summed E-state index contributed by atoms with van der Waals surface area (Å²) in [6, 6.07) is 5.53. The number of rotatable bonds is 2. The summed E-state index contributed by atoms with van der Waals surface area (Å²) in [6.07, 6.45) is 6.55. The van der Waals surface area contributed by atoms with Gasteiger partial charge in [0.05, 0.1) is 21.4 Å². The lowest BCUT2D eigenvalue weighted by Gasteiger charge is -2.43. The monoisotopic (exact) mass is 404 g/mol. The summed E-state index contributed by atoms with van der Waals surface area (Å²) in [4.78, 5) is 11.8. The van der Waals surface area contributed by atoms with Crippen molar-refractivity contribution < 1.29 is 0 Å². The standard InChI is InChI=1S/C21H26Cl2N4/c1-13-5-4-8-21(13)9-11-27(12-10-21)20-19(24)26-18(14(2)25-20)15-6-3-7-16(22)17(15)23/h3,6-7,13H,4-5,8-12H2,1-2H3,(H2,24,26)/t13-/m1/s1. The Morgan fingerprint density at radius 3 is 2.56 bits per heavy atom. The van der Waals surface area contributed by atoms with Gasteiger partial charge >= 0.3 is 0 Å². The van der Waals surface area contributed by atoms with Gasteiger partial charge in [-0.3, -0.25) is 0 Å². The molecule has 27 heavy (non-hydrogen) atoms. The second-order valence-electron chi connectivity index (χ2n) is 8.11. The van der Waals surface area contributed by atoms with E-state index in [-0.39, 0.29) is 0 Å². The van der Waals surface area contributed by atoms with E-state index in [0.717, 1.165) is 36.1 Å². The third-order valence-corrected chi connectivity index (χ3v) is 7.52. The molecule has 0 unspecified atom stereocenters. The summed E-state index contributed by atoms with van der Waals surface area (Å²) >= 11 is 12.5. The average Bonchev–Trinajstić information content (AvgIpc) is 3.00. The van der Waals surface area contributed by atoms with E-state index in [4.69, 9.17) is 33.9 Å². The quantitative estimate of drug-likeness (QED) is 0.692. The van der Waals surface area contributed by atoms with Gasteiger partial charge in [-0.15, -0.1) is 0 Å². The molecule has 0 radical (unpaired) electrons. The van der Waals surface area contributed by atoms with Crippen molar-refractivity contribution >= 4 is 34.8 Å². The van der Waals surface area contributed by atoms with E-state index in [1.807, 2.05) is 19.1 Å². The van der Waals surface area contributed by atoms with Crippen LogP contribution < -0.4 is 10.6 Å². The minimum Gasteiger partial charge on any atom is -0.381 e. The summed E-state index contributed by atoms with van der Waals surface area (Å²) in [5, 5.41) is 0.990. The Labute approximate surface area is 171 Å². The zero-order valence-electron chi connectivity index (χ0n) is 15.9. The van der Waals surface area contributed by atoms with Crippen LogP contribution in [0, 0.1) is 18.3 Å². The van der Waals surface area contributed by atoms with Crippen molar-refractivity contribution in [1.29, 1.82) is 0 Å². The van der Waals surface area contributed by atoms with Crippen LogP contribution in [0.4, 0.5) is 11.6 Å². The van der Waals surface area contributed by atoms with Crippen molar-refractivity contribution in [3.8, 4) is 11.3 Å². The summed E-state index contributed by atoms with van der Waals surface area (Å²) < 4.78 is 0. The van der Waals surface area contributed by atoms with Crippen molar-refractivity contribution in [2.75, 3.05) is 23.7 Å². The zero-order chi connectivity index (χ0) is 19.2.